The van der Waals surface area contributed by atoms with Crippen molar-refractivity contribution in [1.82, 2.24) is 14.7 Å². The SMILES string of the molecule is CC(=O)N1CCC(O[C@H]2C[C@@H](C(=O)N(C)C)N(CCCc3ccccc3)C2)CC1.Cl. The van der Waals surface area contributed by atoms with Gasteiger partial charge in [0.15, 0.2) is 0 Å². The van der Waals surface area contributed by atoms with Crippen molar-refractivity contribution in [1.29, 1.82) is 0 Å². The van der Waals surface area contributed by atoms with E-state index in [4.69, 9.17) is 4.74 Å². The van der Waals surface area contributed by atoms with Gasteiger partial charge in [-0.15, -0.1) is 12.4 Å². The minimum atomic E-state index is -0.0944. The number of hydrogen-bond donors (Lipinski definition) is 0. The van der Waals surface area contributed by atoms with Gasteiger partial charge in [0.2, 0.25) is 11.8 Å². The third-order valence-electron chi connectivity index (χ3n) is 6.12. The predicted molar refractivity (Wildman–Crippen MR) is 121 cm³/mol. The minimum absolute atomic E-state index is 0. The molecule has 2 amide bonds. The second-order valence-electron chi connectivity index (χ2n) is 8.53. The fourth-order valence-electron chi connectivity index (χ4n) is 4.47. The molecule has 0 aromatic heterocycles. The Labute approximate surface area is 186 Å². The zero-order valence-electron chi connectivity index (χ0n) is 18.5. The van der Waals surface area contributed by atoms with Crippen LogP contribution in [0.3, 0.4) is 0 Å². The van der Waals surface area contributed by atoms with Crippen LogP contribution in [-0.2, 0) is 20.7 Å². The summed E-state index contributed by atoms with van der Waals surface area (Å²) < 4.78 is 6.38. The molecule has 2 aliphatic heterocycles. The molecule has 30 heavy (non-hydrogen) atoms. The Morgan fingerprint density at radius 1 is 1.10 bits per heavy atom. The summed E-state index contributed by atoms with van der Waals surface area (Å²) in [6.45, 7) is 4.89. The summed E-state index contributed by atoms with van der Waals surface area (Å²) in [4.78, 5) is 30.1. The van der Waals surface area contributed by atoms with E-state index in [1.807, 2.05) is 25.1 Å². The Bertz CT molecular complexity index is 678. The van der Waals surface area contributed by atoms with Gasteiger partial charge in [0.25, 0.3) is 0 Å². The van der Waals surface area contributed by atoms with Crippen molar-refractivity contribution in [3.05, 3.63) is 35.9 Å². The Hall–Kier alpha value is -1.63. The number of carbonyl (C=O) groups is 2. The molecule has 0 unspecified atom stereocenters. The van der Waals surface area contributed by atoms with E-state index in [2.05, 4.69) is 29.2 Å². The van der Waals surface area contributed by atoms with Gasteiger partial charge in [-0.25, -0.2) is 0 Å². The van der Waals surface area contributed by atoms with Crippen LogP contribution >= 0.6 is 12.4 Å². The minimum Gasteiger partial charge on any atom is -0.373 e. The first-order chi connectivity index (χ1) is 13.9. The van der Waals surface area contributed by atoms with Crippen molar-refractivity contribution >= 4 is 24.2 Å². The molecule has 2 heterocycles. The van der Waals surface area contributed by atoms with Crippen LogP contribution in [0.15, 0.2) is 30.3 Å². The van der Waals surface area contributed by atoms with Gasteiger partial charge in [-0.05, 0) is 44.2 Å². The Morgan fingerprint density at radius 2 is 1.77 bits per heavy atom. The number of likely N-dealkylation sites (N-methyl/N-ethyl adjacent to an activating group) is 1. The zero-order valence-corrected chi connectivity index (χ0v) is 19.3. The van der Waals surface area contributed by atoms with Crippen molar-refractivity contribution in [2.45, 2.75) is 57.3 Å². The lowest BCUT2D eigenvalue weighted by Gasteiger charge is -2.32. The first kappa shape index (κ1) is 24.6. The summed E-state index contributed by atoms with van der Waals surface area (Å²) in [7, 11) is 3.66. The Morgan fingerprint density at radius 3 is 2.37 bits per heavy atom. The molecule has 1 aromatic carbocycles. The van der Waals surface area contributed by atoms with Crippen LogP contribution in [0.25, 0.3) is 0 Å². The molecule has 2 atom stereocenters. The van der Waals surface area contributed by atoms with E-state index in [1.54, 1.807) is 11.8 Å². The average molecular weight is 438 g/mol. The highest BCUT2D eigenvalue weighted by Gasteiger charge is 2.39. The number of rotatable bonds is 7. The number of carbonyl (C=O) groups excluding carboxylic acids is 2. The van der Waals surface area contributed by atoms with Crippen molar-refractivity contribution < 1.29 is 14.3 Å². The maximum atomic E-state index is 12.7. The van der Waals surface area contributed by atoms with Gasteiger partial charge >= 0.3 is 0 Å². The third-order valence-corrected chi connectivity index (χ3v) is 6.12. The molecule has 3 rings (SSSR count). The predicted octanol–water partition coefficient (Wildman–Crippen LogP) is 2.60. The van der Waals surface area contributed by atoms with Crippen molar-refractivity contribution in [2.75, 3.05) is 40.3 Å². The summed E-state index contributed by atoms with van der Waals surface area (Å²) in [6, 6.07) is 10.4. The topological polar surface area (TPSA) is 53.1 Å². The fraction of sp³-hybridized carbons (Fsp3) is 0.652. The van der Waals surface area contributed by atoms with Gasteiger partial charge in [0.1, 0.15) is 0 Å². The highest BCUT2D eigenvalue weighted by molar-refractivity contribution is 5.85. The number of amides is 2. The summed E-state index contributed by atoms with van der Waals surface area (Å²) in [6.07, 6.45) is 4.87. The molecule has 0 radical (unpaired) electrons. The number of benzene rings is 1. The van der Waals surface area contributed by atoms with Crippen LogP contribution in [0, 0.1) is 0 Å². The van der Waals surface area contributed by atoms with E-state index in [-0.39, 0.29) is 42.5 Å². The van der Waals surface area contributed by atoms with Crippen molar-refractivity contribution in [2.24, 2.45) is 0 Å². The summed E-state index contributed by atoms with van der Waals surface area (Å²) in [5, 5.41) is 0. The molecule has 0 aliphatic carbocycles. The monoisotopic (exact) mass is 437 g/mol. The smallest absolute Gasteiger partial charge is 0.239 e. The van der Waals surface area contributed by atoms with E-state index in [0.717, 1.165) is 58.3 Å². The molecule has 6 nitrogen and oxygen atoms in total. The van der Waals surface area contributed by atoms with Gasteiger partial charge in [0, 0.05) is 40.7 Å². The third kappa shape index (κ3) is 6.69. The van der Waals surface area contributed by atoms with Gasteiger partial charge in [-0.1, -0.05) is 30.3 Å². The summed E-state index contributed by atoms with van der Waals surface area (Å²) >= 11 is 0. The van der Waals surface area contributed by atoms with E-state index in [9.17, 15) is 9.59 Å². The summed E-state index contributed by atoms with van der Waals surface area (Å²) in [5.41, 5.74) is 1.34. The molecule has 1 aromatic rings. The van der Waals surface area contributed by atoms with Crippen LogP contribution in [0.4, 0.5) is 0 Å². The lowest BCUT2D eigenvalue weighted by atomic mass is 10.1. The fourth-order valence-corrected chi connectivity index (χ4v) is 4.47. The number of aryl methyl sites for hydroxylation is 1. The number of hydrogen-bond acceptors (Lipinski definition) is 4. The van der Waals surface area contributed by atoms with Crippen LogP contribution in [-0.4, -0.2) is 85.0 Å². The van der Waals surface area contributed by atoms with E-state index >= 15 is 0 Å². The molecule has 0 saturated carbocycles. The molecule has 7 heteroatoms. The van der Waals surface area contributed by atoms with Gasteiger partial charge < -0.3 is 14.5 Å². The number of nitrogens with zero attached hydrogens (tertiary/aromatic N) is 3. The molecule has 0 N–H and O–H groups in total. The van der Waals surface area contributed by atoms with Gasteiger partial charge in [-0.3, -0.25) is 14.5 Å². The second-order valence-corrected chi connectivity index (χ2v) is 8.53. The molecular formula is C23H36ClN3O3. The number of likely N-dealkylation sites (tertiary alicyclic amines) is 2. The molecule has 168 valence electrons. The summed E-state index contributed by atoms with van der Waals surface area (Å²) in [5.74, 6) is 0.313. The molecule has 0 spiro atoms. The van der Waals surface area contributed by atoms with Crippen molar-refractivity contribution in [3.63, 3.8) is 0 Å². The second kappa shape index (κ2) is 11.7. The number of piperidine rings is 1. The van der Waals surface area contributed by atoms with Crippen LogP contribution < -0.4 is 0 Å². The molecular weight excluding hydrogens is 402 g/mol. The average Bonchev–Trinajstić information content (AvgIpc) is 3.11. The quantitative estimate of drug-likeness (QED) is 0.658. The molecule has 2 saturated heterocycles. The van der Waals surface area contributed by atoms with Crippen LogP contribution in [0.2, 0.25) is 0 Å². The van der Waals surface area contributed by atoms with Gasteiger partial charge in [0.05, 0.1) is 18.2 Å². The lowest BCUT2D eigenvalue weighted by molar-refractivity contribution is -0.134. The Balaban J connectivity index is 0.00000320. The number of halogens is 1. The van der Waals surface area contributed by atoms with E-state index in [1.165, 1.54) is 5.56 Å². The van der Waals surface area contributed by atoms with Crippen LogP contribution in [0.5, 0.6) is 0 Å². The normalized spacial score (nSPS) is 22.6. The highest BCUT2D eigenvalue weighted by Crippen LogP contribution is 2.26. The van der Waals surface area contributed by atoms with E-state index in [0.29, 0.717) is 0 Å². The molecule has 2 fully saturated rings. The number of ether oxygens (including phenoxy) is 1. The zero-order chi connectivity index (χ0) is 20.8. The maximum absolute atomic E-state index is 12.7. The first-order valence-corrected chi connectivity index (χ1v) is 10.8. The molecule has 2 aliphatic rings. The van der Waals surface area contributed by atoms with Crippen LogP contribution in [0.1, 0.15) is 38.2 Å². The van der Waals surface area contributed by atoms with Crippen molar-refractivity contribution in [3.8, 4) is 0 Å². The van der Waals surface area contributed by atoms with Gasteiger partial charge in [-0.2, -0.15) is 0 Å². The lowest BCUT2D eigenvalue weighted by Crippen LogP contribution is -2.43. The highest BCUT2D eigenvalue weighted by atomic mass is 35.5. The largest absolute Gasteiger partial charge is 0.373 e. The standard InChI is InChI=1S/C23H35N3O3.ClH/c1-18(27)25-14-11-20(12-15-25)29-21-16-22(23(28)24(2)3)26(17-21)13-7-10-19-8-5-4-6-9-19;/h4-6,8-9,20-22H,7,10-17H2,1-3H3;1H/t21-,22-;/m0./s1. The van der Waals surface area contributed by atoms with E-state index < -0.39 is 0 Å². The Kier molecular flexibility index (Phi) is 9.59. The first-order valence-electron chi connectivity index (χ1n) is 10.8. The molecule has 0 bridgehead atoms. The maximum Gasteiger partial charge on any atom is 0.239 e.